The lowest BCUT2D eigenvalue weighted by Crippen LogP contribution is -2.16. The van der Waals surface area contributed by atoms with Gasteiger partial charge < -0.3 is 4.18 Å². The Morgan fingerprint density at radius 2 is 2.12 bits per heavy atom. The van der Waals surface area contributed by atoms with Gasteiger partial charge >= 0.3 is 10.3 Å². The summed E-state index contributed by atoms with van der Waals surface area (Å²) in [4.78, 5) is 0. The second-order valence-electron chi connectivity index (χ2n) is 0.842. The zero-order valence-electron chi connectivity index (χ0n) is 3.57. The van der Waals surface area contributed by atoms with Crippen molar-refractivity contribution in [1.82, 2.24) is 0 Å². The van der Waals surface area contributed by atoms with Crippen molar-refractivity contribution in [2.24, 2.45) is 5.14 Å². The van der Waals surface area contributed by atoms with Crippen LogP contribution < -0.4 is 5.14 Å². The molecule has 0 aromatic carbocycles. The molecule has 0 unspecified atom stereocenters. The number of rotatable bonds is 1. The molecule has 0 heterocycles. The molecule has 2 N–H and O–H groups in total. The van der Waals surface area contributed by atoms with Crippen molar-refractivity contribution < 1.29 is 12.6 Å². The third kappa shape index (κ3) is 6.15. The molecule has 48 valence electrons. The SMILES string of the molecule is NS(=O)(=O)OC(=S)S. The van der Waals surface area contributed by atoms with Crippen molar-refractivity contribution in [3.63, 3.8) is 0 Å². The van der Waals surface area contributed by atoms with Crippen molar-refractivity contribution in [3.05, 3.63) is 0 Å². The molecule has 0 aliphatic carbocycles. The lowest BCUT2D eigenvalue weighted by Gasteiger charge is -1.93. The first-order chi connectivity index (χ1) is 3.42. The van der Waals surface area contributed by atoms with Crippen molar-refractivity contribution >= 4 is 39.5 Å². The highest BCUT2D eigenvalue weighted by atomic mass is 32.2. The minimum atomic E-state index is -3.94. The van der Waals surface area contributed by atoms with Gasteiger partial charge in [-0.05, 0) is 12.2 Å². The van der Waals surface area contributed by atoms with E-state index in [4.69, 9.17) is 0 Å². The molecule has 0 aliphatic heterocycles. The molecular formula is CH3NO3S3. The van der Waals surface area contributed by atoms with Crippen LogP contribution in [0.15, 0.2) is 0 Å². The Morgan fingerprint density at radius 1 is 1.75 bits per heavy atom. The average molecular weight is 173 g/mol. The van der Waals surface area contributed by atoms with Gasteiger partial charge in [0.15, 0.2) is 0 Å². The number of thiocarbonyl (C=S) groups is 1. The number of nitrogens with two attached hydrogens (primary N) is 1. The minimum absolute atomic E-state index is 0.410. The highest BCUT2D eigenvalue weighted by molar-refractivity contribution is 8.11. The van der Waals surface area contributed by atoms with Gasteiger partial charge in [0.2, 0.25) is 4.38 Å². The van der Waals surface area contributed by atoms with Gasteiger partial charge in [-0.1, -0.05) is 12.6 Å². The molecule has 0 fully saturated rings. The molecule has 0 spiro atoms. The zero-order chi connectivity index (χ0) is 6.78. The van der Waals surface area contributed by atoms with Crippen LogP contribution in [0.4, 0.5) is 0 Å². The van der Waals surface area contributed by atoms with Crippen molar-refractivity contribution in [3.8, 4) is 0 Å². The van der Waals surface area contributed by atoms with E-state index < -0.39 is 14.7 Å². The Bertz CT molecular complexity index is 181. The van der Waals surface area contributed by atoms with Crippen LogP contribution in [0.25, 0.3) is 0 Å². The monoisotopic (exact) mass is 173 g/mol. The van der Waals surface area contributed by atoms with Gasteiger partial charge in [0.25, 0.3) is 0 Å². The van der Waals surface area contributed by atoms with E-state index in [9.17, 15) is 8.42 Å². The van der Waals surface area contributed by atoms with Crippen LogP contribution in [0.5, 0.6) is 0 Å². The van der Waals surface area contributed by atoms with E-state index in [0.29, 0.717) is 0 Å². The summed E-state index contributed by atoms with van der Waals surface area (Å²) in [5.74, 6) is 0. The summed E-state index contributed by atoms with van der Waals surface area (Å²) in [5.41, 5.74) is 0. The topological polar surface area (TPSA) is 69.4 Å². The molecule has 0 bridgehead atoms. The molecule has 8 heavy (non-hydrogen) atoms. The minimum Gasteiger partial charge on any atom is -0.352 e. The quantitative estimate of drug-likeness (QED) is 0.411. The summed E-state index contributed by atoms with van der Waals surface area (Å²) in [6, 6.07) is 0. The van der Waals surface area contributed by atoms with E-state index in [1.54, 1.807) is 0 Å². The predicted octanol–water partition coefficient (Wildman–Crippen LogP) is -0.579. The lowest BCUT2D eigenvalue weighted by atomic mass is 11.7. The highest BCUT2D eigenvalue weighted by Gasteiger charge is 2.01. The standard InChI is InChI=1S/CH3NO3S3/c2-8(3,4)5-1(6)7/h(H,6,7)(H2,2,3,4). The Morgan fingerprint density at radius 3 is 2.12 bits per heavy atom. The van der Waals surface area contributed by atoms with Crippen molar-refractivity contribution in [2.45, 2.75) is 0 Å². The van der Waals surface area contributed by atoms with Crippen LogP contribution in [0.3, 0.4) is 0 Å². The van der Waals surface area contributed by atoms with Crippen LogP contribution in [-0.4, -0.2) is 12.8 Å². The van der Waals surface area contributed by atoms with E-state index in [1.165, 1.54) is 0 Å². The fourth-order valence-electron chi connectivity index (χ4n) is 0.0994. The largest absolute Gasteiger partial charge is 0.381 e. The Balaban J connectivity index is 3.95. The van der Waals surface area contributed by atoms with E-state index in [-0.39, 0.29) is 0 Å². The molecule has 7 heteroatoms. The van der Waals surface area contributed by atoms with Crippen LogP contribution in [-0.2, 0) is 14.5 Å². The first-order valence-corrected chi connectivity index (χ1v) is 3.69. The van der Waals surface area contributed by atoms with E-state index >= 15 is 0 Å². The first-order valence-electron chi connectivity index (χ1n) is 1.37. The van der Waals surface area contributed by atoms with Crippen molar-refractivity contribution in [2.75, 3.05) is 0 Å². The summed E-state index contributed by atoms with van der Waals surface area (Å²) < 4.78 is 23.1. The van der Waals surface area contributed by atoms with E-state index in [1.807, 2.05) is 0 Å². The molecule has 0 aromatic rings. The number of hydrogen-bond acceptors (Lipinski definition) is 4. The molecule has 0 radical (unpaired) electrons. The van der Waals surface area contributed by atoms with Gasteiger partial charge in [-0.25, -0.2) is 0 Å². The molecule has 0 saturated carbocycles. The predicted molar refractivity (Wildman–Crippen MR) is 35.8 cm³/mol. The summed E-state index contributed by atoms with van der Waals surface area (Å²) in [6.45, 7) is 0. The zero-order valence-corrected chi connectivity index (χ0v) is 6.09. The second kappa shape index (κ2) is 2.62. The van der Waals surface area contributed by atoms with E-state index in [0.717, 1.165) is 0 Å². The number of hydrogen-bond donors (Lipinski definition) is 2. The van der Waals surface area contributed by atoms with Crippen LogP contribution in [0.2, 0.25) is 0 Å². The number of thiol groups is 1. The fraction of sp³-hybridized carbons (Fsp3) is 0. The van der Waals surface area contributed by atoms with Gasteiger partial charge in [-0.15, -0.1) is 0 Å². The summed E-state index contributed by atoms with van der Waals surface area (Å²) >= 11 is 7.47. The summed E-state index contributed by atoms with van der Waals surface area (Å²) in [5, 5.41) is 4.35. The van der Waals surface area contributed by atoms with Crippen LogP contribution >= 0.6 is 24.8 Å². The molecule has 0 aromatic heterocycles. The van der Waals surface area contributed by atoms with Crippen LogP contribution in [0, 0.1) is 0 Å². The molecule has 0 saturated heterocycles. The maximum absolute atomic E-state index is 9.86. The molecular weight excluding hydrogens is 170 g/mol. The molecule has 0 atom stereocenters. The van der Waals surface area contributed by atoms with Crippen molar-refractivity contribution in [1.29, 1.82) is 0 Å². The maximum Gasteiger partial charge on any atom is 0.381 e. The van der Waals surface area contributed by atoms with E-state index in [2.05, 4.69) is 34.2 Å². The molecule has 0 rings (SSSR count). The van der Waals surface area contributed by atoms with Gasteiger partial charge in [0.1, 0.15) is 0 Å². The summed E-state index contributed by atoms with van der Waals surface area (Å²) in [7, 11) is -3.94. The van der Waals surface area contributed by atoms with Gasteiger partial charge in [0, 0.05) is 0 Å². The van der Waals surface area contributed by atoms with Gasteiger partial charge in [-0.2, -0.15) is 13.6 Å². The van der Waals surface area contributed by atoms with Gasteiger partial charge in [0.05, 0.1) is 0 Å². The highest BCUT2D eigenvalue weighted by Crippen LogP contribution is 1.89. The smallest absolute Gasteiger partial charge is 0.352 e. The average Bonchev–Trinajstić information content (AvgIpc) is 1.21. The van der Waals surface area contributed by atoms with Gasteiger partial charge in [-0.3, -0.25) is 0 Å². The summed E-state index contributed by atoms with van der Waals surface area (Å²) in [6.07, 6.45) is 0. The Hall–Kier alpha value is 0.150. The molecule has 4 nitrogen and oxygen atoms in total. The third-order valence-electron chi connectivity index (χ3n) is 0.187. The Kier molecular flexibility index (Phi) is 2.67. The second-order valence-corrected chi connectivity index (χ2v) is 3.07. The Labute approximate surface area is 57.7 Å². The molecule has 0 aliphatic rings. The lowest BCUT2D eigenvalue weighted by molar-refractivity contribution is 0.496. The molecule has 0 amide bonds. The van der Waals surface area contributed by atoms with Crippen LogP contribution in [0.1, 0.15) is 0 Å². The maximum atomic E-state index is 9.86. The normalized spacial score (nSPS) is 10.8. The third-order valence-corrected chi connectivity index (χ3v) is 0.990. The first kappa shape index (κ1) is 8.15. The fourth-order valence-corrected chi connectivity index (χ4v) is 0.894.